The molecule has 0 bridgehead atoms. The van der Waals surface area contributed by atoms with Gasteiger partial charge in [0.15, 0.2) is 5.96 Å². The third kappa shape index (κ3) is 8.54. The molecule has 1 saturated carbocycles. The van der Waals surface area contributed by atoms with E-state index in [1.54, 1.807) is 7.11 Å². The first-order valence-electron chi connectivity index (χ1n) is 9.76. The lowest BCUT2D eigenvalue weighted by atomic mass is 10.3. The second-order valence-corrected chi connectivity index (χ2v) is 6.46. The monoisotopic (exact) mass is 362 g/mol. The number of benzene rings is 1. The quantitative estimate of drug-likeness (QED) is 0.320. The molecule has 26 heavy (non-hydrogen) atoms. The first kappa shape index (κ1) is 20.5. The number of ether oxygens (including phenoxy) is 2. The molecule has 0 atom stereocenters. The van der Waals surface area contributed by atoms with E-state index < -0.39 is 0 Å². The van der Waals surface area contributed by atoms with Crippen molar-refractivity contribution in [1.29, 1.82) is 0 Å². The van der Waals surface area contributed by atoms with Crippen molar-refractivity contribution in [3.05, 3.63) is 30.3 Å². The fourth-order valence-corrected chi connectivity index (χ4v) is 2.75. The van der Waals surface area contributed by atoms with Gasteiger partial charge in [-0.1, -0.05) is 18.2 Å². The van der Waals surface area contributed by atoms with Gasteiger partial charge in [-0.25, -0.2) is 0 Å². The molecule has 1 aromatic carbocycles. The zero-order valence-corrected chi connectivity index (χ0v) is 16.2. The molecule has 6 nitrogen and oxygen atoms in total. The molecular formula is C20H34N4O2. The number of rotatable bonds is 13. The van der Waals surface area contributed by atoms with Crippen LogP contribution in [0.15, 0.2) is 35.3 Å². The van der Waals surface area contributed by atoms with Crippen LogP contribution in [0.25, 0.3) is 0 Å². The topological polar surface area (TPSA) is 58.1 Å². The van der Waals surface area contributed by atoms with Crippen LogP contribution in [0.5, 0.6) is 5.75 Å². The van der Waals surface area contributed by atoms with Gasteiger partial charge in [-0.2, -0.15) is 0 Å². The zero-order valence-electron chi connectivity index (χ0n) is 16.2. The summed E-state index contributed by atoms with van der Waals surface area (Å²) in [6, 6.07) is 10.7. The maximum atomic E-state index is 5.70. The summed E-state index contributed by atoms with van der Waals surface area (Å²) in [5, 5.41) is 6.74. The van der Waals surface area contributed by atoms with E-state index >= 15 is 0 Å². The molecule has 0 heterocycles. The number of para-hydroxylation sites is 1. The van der Waals surface area contributed by atoms with Crippen molar-refractivity contribution in [3.8, 4) is 5.75 Å². The molecule has 1 aliphatic carbocycles. The number of aliphatic imine (C=N–C) groups is 1. The summed E-state index contributed by atoms with van der Waals surface area (Å²) < 4.78 is 10.9. The van der Waals surface area contributed by atoms with Gasteiger partial charge in [-0.05, 0) is 31.9 Å². The summed E-state index contributed by atoms with van der Waals surface area (Å²) in [5.74, 6) is 1.80. The predicted molar refractivity (Wildman–Crippen MR) is 107 cm³/mol. The first-order chi connectivity index (χ1) is 12.8. The highest BCUT2D eigenvalue weighted by molar-refractivity contribution is 5.79. The Morgan fingerprint density at radius 2 is 1.96 bits per heavy atom. The molecule has 2 N–H and O–H groups in total. The Kier molecular flexibility index (Phi) is 9.90. The average Bonchev–Trinajstić information content (AvgIpc) is 3.50. The highest BCUT2D eigenvalue weighted by Crippen LogP contribution is 2.25. The lowest BCUT2D eigenvalue weighted by Gasteiger charge is -2.22. The van der Waals surface area contributed by atoms with E-state index in [-0.39, 0.29) is 0 Å². The Labute approximate surface area is 158 Å². The first-order valence-corrected chi connectivity index (χ1v) is 9.76. The average molecular weight is 363 g/mol. The number of guanidine groups is 1. The number of nitrogens with one attached hydrogen (secondary N) is 2. The van der Waals surface area contributed by atoms with Crippen molar-refractivity contribution in [2.45, 2.75) is 32.2 Å². The Hall–Kier alpha value is -1.79. The SMILES string of the molecule is CCNC(=NCCCOc1ccccc1)NCCN(CCOC)C1CC1. The van der Waals surface area contributed by atoms with Crippen LogP contribution < -0.4 is 15.4 Å². The smallest absolute Gasteiger partial charge is 0.191 e. The minimum absolute atomic E-state index is 0.680. The number of hydrogen-bond donors (Lipinski definition) is 2. The minimum Gasteiger partial charge on any atom is -0.494 e. The third-order valence-corrected chi connectivity index (χ3v) is 4.27. The van der Waals surface area contributed by atoms with Crippen LogP contribution in [0.4, 0.5) is 0 Å². The van der Waals surface area contributed by atoms with E-state index in [9.17, 15) is 0 Å². The van der Waals surface area contributed by atoms with Gasteiger partial charge >= 0.3 is 0 Å². The van der Waals surface area contributed by atoms with Gasteiger partial charge in [0.05, 0.1) is 13.2 Å². The minimum atomic E-state index is 0.680. The van der Waals surface area contributed by atoms with E-state index in [1.165, 1.54) is 12.8 Å². The van der Waals surface area contributed by atoms with Crippen molar-refractivity contribution < 1.29 is 9.47 Å². The van der Waals surface area contributed by atoms with E-state index in [1.807, 2.05) is 30.3 Å². The van der Waals surface area contributed by atoms with Crippen molar-refractivity contribution in [2.75, 3.05) is 53.0 Å². The molecule has 1 aromatic rings. The summed E-state index contributed by atoms with van der Waals surface area (Å²) in [7, 11) is 1.76. The lowest BCUT2D eigenvalue weighted by molar-refractivity contribution is 0.144. The molecule has 0 spiro atoms. The Balaban J connectivity index is 1.63. The molecule has 0 amide bonds. The van der Waals surface area contributed by atoms with Crippen molar-refractivity contribution in [3.63, 3.8) is 0 Å². The molecule has 0 saturated heterocycles. The van der Waals surface area contributed by atoms with E-state index in [0.29, 0.717) is 6.61 Å². The predicted octanol–water partition coefficient (Wildman–Crippen LogP) is 2.12. The fraction of sp³-hybridized carbons (Fsp3) is 0.650. The number of methoxy groups -OCH3 is 1. The normalized spacial score (nSPS) is 14.5. The second kappa shape index (κ2) is 12.5. The van der Waals surface area contributed by atoms with Crippen molar-refractivity contribution in [2.24, 2.45) is 4.99 Å². The summed E-state index contributed by atoms with van der Waals surface area (Å²) >= 11 is 0. The summed E-state index contributed by atoms with van der Waals surface area (Å²) in [4.78, 5) is 7.14. The second-order valence-electron chi connectivity index (χ2n) is 6.46. The maximum Gasteiger partial charge on any atom is 0.191 e. The van der Waals surface area contributed by atoms with Gasteiger partial charge in [0.1, 0.15) is 5.75 Å². The molecule has 0 radical (unpaired) electrons. The molecule has 0 aliphatic heterocycles. The molecule has 0 aromatic heterocycles. The Morgan fingerprint density at radius 3 is 2.65 bits per heavy atom. The van der Waals surface area contributed by atoms with Crippen LogP contribution in [0.3, 0.4) is 0 Å². The Bertz CT molecular complexity index is 506. The fourth-order valence-electron chi connectivity index (χ4n) is 2.75. The van der Waals surface area contributed by atoms with Crippen molar-refractivity contribution >= 4 is 5.96 Å². The Morgan fingerprint density at radius 1 is 1.15 bits per heavy atom. The van der Waals surface area contributed by atoms with Crippen LogP contribution >= 0.6 is 0 Å². The van der Waals surface area contributed by atoms with Crippen LogP contribution in [0, 0.1) is 0 Å². The summed E-state index contributed by atoms with van der Waals surface area (Å²) in [6.07, 6.45) is 3.53. The lowest BCUT2D eigenvalue weighted by Crippen LogP contribution is -2.42. The molecule has 1 aliphatic rings. The third-order valence-electron chi connectivity index (χ3n) is 4.27. The molecule has 6 heteroatoms. The summed E-state index contributed by atoms with van der Waals surface area (Å²) in [6.45, 7) is 8.10. The molecule has 2 rings (SSSR count). The zero-order chi connectivity index (χ0) is 18.5. The van der Waals surface area contributed by atoms with Gasteiger partial charge < -0.3 is 20.1 Å². The largest absolute Gasteiger partial charge is 0.494 e. The van der Waals surface area contributed by atoms with E-state index in [2.05, 4.69) is 27.4 Å². The highest BCUT2D eigenvalue weighted by atomic mass is 16.5. The van der Waals surface area contributed by atoms with Crippen LogP contribution in [-0.4, -0.2) is 69.9 Å². The standard InChI is InChI=1S/C20H34N4O2/c1-3-21-20(22-12-7-16-26-19-8-5-4-6-9-19)23-13-14-24(15-17-25-2)18-10-11-18/h4-6,8-9,18H,3,7,10-17H2,1-2H3,(H2,21,22,23). The van der Waals surface area contributed by atoms with E-state index in [0.717, 1.165) is 63.5 Å². The molecule has 1 fully saturated rings. The van der Waals surface area contributed by atoms with Crippen LogP contribution in [-0.2, 0) is 4.74 Å². The van der Waals surface area contributed by atoms with Gasteiger partial charge in [0.25, 0.3) is 0 Å². The molecule has 0 unspecified atom stereocenters. The van der Waals surface area contributed by atoms with Gasteiger partial charge in [0, 0.05) is 52.3 Å². The van der Waals surface area contributed by atoms with E-state index in [4.69, 9.17) is 9.47 Å². The summed E-state index contributed by atoms with van der Waals surface area (Å²) in [5.41, 5.74) is 0. The number of nitrogens with zero attached hydrogens (tertiary/aromatic N) is 2. The highest BCUT2D eigenvalue weighted by Gasteiger charge is 2.28. The number of hydrogen-bond acceptors (Lipinski definition) is 4. The molecular weight excluding hydrogens is 328 g/mol. The van der Waals surface area contributed by atoms with Gasteiger partial charge in [-0.3, -0.25) is 9.89 Å². The maximum absolute atomic E-state index is 5.70. The van der Waals surface area contributed by atoms with Crippen LogP contribution in [0.2, 0.25) is 0 Å². The molecule has 146 valence electrons. The van der Waals surface area contributed by atoms with Crippen LogP contribution in [0.1, 0.15) is 26.2 Å². The van der Waals surface area contributed by atoms with Crippen molar-refractivity contribution in [1.82, 2.24) is 15.5 Å². The van der Waals surface area contributed by atoms with Gasteiger partial charge in [-0.15, -0.1) is 0 Å². The van der Waals surface area contributed by atoms with Gasteiger partial charge in [0.2, 0.25) is 0 Å².